The first-order valence-electron chi connectivity index (χ1n) is 6.79. The molecule has 0 saturated carbocycles. The molecule has 0 aliphatic heterocycles. The number of rotatable bonds is 5. The smallest absolute Gasteiger partial charge is 0.422 e. The van der Waals surface area contributed by atoms with Crippen LogP contribution in [0.25, 0.3) is 0 Å². The second kappa shape index (κ2) is 7.14. The third-order valence-electron chi connectivity index (χ3n) is 2.47. The summed E-state index contributed by atoms with van der Waals surface area (Å²) in [5.74, 6) is 0.806. The molecule has 1 rings (SSSR count). The minimum atomic E-state index is -0.516. The lowest BCUT2D eigenvalue weighted by atomic mass is 10.1. The van der Waals surface area contributed by atoms with Crippen LogP contribution in [0, 0.1) is 0 Å². The van der Waals surface area contributed by atoms with Gasteiger partial charge < -0.3 is 9.47 Å². The van der Waals surface area contributed by atoms with Gasteiger partial charge in [-0.3, -0.25) is 5.43 Å². The molecule has 2 N–H and O–H groups in total. The fourth-order valence-electron chi connectivity index (χ4n) is 1.67. The van der Waals surface area contributed by atoms with Crippen molar-refractivity contribution in [2.45, 2.75) is 46.3 Å². The van der Waals surface area contributed by atoms with Gasteiger partial charge >= 0.3 is 6.09 Å². The van der Waals surface area contributed by atoms with Crippen molar-refractivity contribution in [3.63, 3.8) is 0 Å². The SMILES string of the molecule is CCOc1ccccc1C(C)NNC(=O)OC(C)(C)C. The van der Waals surface area contributed by atoms with E-state index in [0.717, 1.165) is 11.3 Å². The van der Waals surface area contributed by atoms with Gasteiger partial charge in [0, 0.05) is 5.56 Å². The van der Waals surface area contributed by atoms with Gasteiger partial charge in [0.05, 0.1) is 12.6 Å². The first-order valence-corrected chi connectivity index (χ1v) is 6.79. The largest absolute Gasteiger partial charge is 0.494 e. The van der Waals surface area contributed by atoms with E-state index in [2.05, 4.69) is 10.9 Å². The third kappa shape index (κ3) is 5.48. The Morgan fingerprint density at radius 1 is 1.30 bits per heavy atom. The second-order valence-corrected chi connectivity index (χ2v) is 5.46. The van der Waals surface area contributed by atoms with E-state index in [-0.39, 0.29) is 6.04 Å². The van der Waals surface area contributed by atoms with Crippen molar-refractivity contribution in [2.24, 2.45) is 0 Å². The number of benzene rings is 1. The average molecular weight is 280 g/mol. The molecule has 5 heteroatoms. The number of ether oxygens (including phenoxy) is 2. The van der Waals surface area contributed by atoms with E-state index in [1.54, 1.807) is 0 Å². The van der Waals surface area contributed by atoms with Crippen LogP contribution >= 0.6 is 0 Å². The molecule has 5 nitrogen and oxygen atoms in total. The summed E-state index contributed by atoms with van der Waals surface area (Å²) in [6, 6.07) is 7.63. The van der Waals surface area contributed by atoms with E-state index in [0.29, 0.717) is 6.61 Å². The quantitative estimate of drug-likeness (QED) is 0.813. The van der Waals surface area contributed by atoms with Gasteiger partial charge in [0.1, 0.15) is 11.4 Å². The monoisotopic (exact) mass is 280 g/mol. The first-order chi connectivity index (χ1) is 9.33. The van der Waals surface area contributed by atoms with Gasteiger partial charge in [-0.05, 0) is 40.7 Å². The number of carbonyl (C=O) groups excluding carboxylic acids is 1. The zero-order valence-electron chi connectivity index (χ0n) is 12.8. The summed E-state index contributed by atoms with van der Waals surface area (Å²) < 4.78 is 10.7. The van der Waals surface area contributed by atoms with Crippen LogP contribution in [-0.2, 0) is 4.74 Å². The summed E-state index contributed by atoms with van der Waals surface area (Å²) in [6.07, 6.45) is -0.502. The molecule has 0 bridgehead atoms. The average Bonchev–Trinajstić information content (AvgIpc) is 2.35. The lowest BCUT2D eigenvalue weighted by Crippen LogP contribution is -2.42. The summed E-state index contributed by atoms with van der Waals surface area (Å²) in [7, 11) is 0. The summed E-state index contributed by atoms with van der Waals surface area (Å²) in [5.41, 5.74) is 5.92. The van der Waals surface area contributed by atoms with Crippen LogP contribution in [0.3, 0.4) is 0 Å². The summed E-state index contributed by atoms with van der Waals surface area (Å²) in [5, 5.41) is 0. The summed E-state index contributed by atoms with van der Waals surface area (Å²) in [6.45, 7) is 9.94. The fourth-order valence-corrected chi connectivity index (χ4v) is 1.67. The van der Waals surface area contributed by atoms with Gasteiger partial charge in [-0.25, -0.2) is 10.2 Å². The maximum atomic E-state index is 11.6. The maximum Gasteiger partial charge on any atom is 0.422 e. The molecule has 1 amide bonds. The van der Waals surface area contributed by atoms with E-state index in [4.69, 9.17) is 9.47 Å². The molecule has 112 valence electrons. The molecular weight excluding hydrogens is 256 g/mol. The predicted molar refractivity (Wildman–Crippen MR) is 78.5 cm³/mol. The van der Waals surface area contributed by atoms with Gasteiger partial charge in [-0.2, -0.15) is 0 Å². The number of hydrogen-bond acceptors (Lipinski definition) is 4. The zero-order chi connectivity index (χ0) is 15.2. The highest BCUT2D eigenvalue weighted by atomic mass is 16.6. The minimum Gasteiger partial charge on any atom is -0.494 e. The number of nitrogens with one attached hydrogen (secondary N) is 2. The van der Waals surface area contributed by atoms with Crippen molar-refractivity contribution in [1.29, 1.82) is 0 Å². The van der Waals surface area contributed by atoms with Gasteiger partial charge in [0.2, 0.25) is 0 Å². The predicted octanol–water partition coefficient (Wildman–Crippen LogP) is 3.18. The van der Waals surface area contributed by atoms with Crippen molar-refractivity contribution in [3.05, 3.63) is 29.8 Å². The minimum absolute atomic E-state index is 0.0923. The standard InChI is InChI=1S/C15H24N2O3/c1-6-19-13-10-8-7-9-12(13)11(2)16-17-14(18)20-15(3,4)5/h7-11,16H,6H2,1-5H3,(H,17,18). The molecule has 1 unspecified atom stereocenters. The second-order valence-electron chi connectivity index (χ2n) is 5.46. The number of carbonyl (C=O) groups is 1. The topological polar surface area (TPSA) is 59.6 Å². The van der Waals surface area contributed by atoms with Crippen molar-refractivity contribution in [2.75, 3.05) is 6.61 Å². The van der Waals surface area contributed by atoms with Gasteiger partial charge in [-0.1, -0.05) is 18.2 Å². The molecule has 0 fully saturated rings. The van der Waals surface area contributed by atoms with E-state index in [1.165, 1.54) is 0 Å². The van der Waals surface area contributed by atoms with Crippen LogP contribution in [0.2, 0.25) is 0 Å². The van der Waals surface area contributed by atoms with Crippen LogP contribution in [0.1, 0.15) is 46.2 Å². The van der Waals surface area contributed by atoms with E-state index in [9.17, 15) is 4.79 Å². The molecule has 1 aromatic rings. The maximum absolute atomic E-state index is 11.6. The highest BCUT2D eigenvalue weighted by molar-refractivity contribution is 5.67. The van der Waals surface area contributed by atoms with Gasteiger partial charge in [0.25, 0.3) is 0 Å². The Hall–Kier alpha value is -1.75. The number of hydrazine groups is 1. The van der Waals surface area contributed by atoms with Crippen LogP contribution in [0.4, 0.5) is 4.79 Å². The molecule has 20 heavy (non-hydrogen) atoms. The van der Waals surface area contributed by atoms with Crippen LogP contribution in [0.5, 0.6) is 5.75 Å². The van der Waals surface area contributed by atoms with Crippen LogP contribution in [-0.4, -0.2) is 18.3 Å². The lowest BCUT2D eigenvalue weighted by molar-refractivity contribution is 0.0489. The summed E-state index contributed by atoms with van der Waals surface area (Å²) >= 11 is 0. The van der Waals surface area contributed by atoms with Crippen LogP contribution in [0.15, 0.2) is 24.3 Å². The third-order valence-corrected chi connectivity index (χ3v) is 2.47. The highest BCUT2D eigenvalue weighted by Crippen LogP contribution is 2.24. The Morgan fingerprint density at radius 3 is 2.55 bits per heavy atom. The summed E-state index contributed by atoms with van der Waals surface area (Å²) in [4.78, 5) is 11.6. The Bertz CT molecular complexity index is 441. The highest BCUT2D eigenvalue weighted by Gasteiger charge is 2.17. The van der Waals surface area contributed by atoms with Crippen molar-refractivity contribution < 1.29 is 14.3 Å². The number of amides is 1. The Kier molecular flexibility index (Phi) is 5.82. The van der Waals surface area contributed by atoms with E-state index in [1.807, 2.05) is 58.9 Å². The molecule has 0 aliphatic rings. The Balaban J connectivity index is 2.59. The van der Waals surface area contributed by atoms with Crippen LogP contribution < -0.4 is 15.6 Å². The molecule has 0 spiro atoms. The normalized spacial score (nSPS) is 12.7. The van der Waals surface area contributed by atoms with Gasteiger partial charge in [0.15, 0.2) is 0 Å². The molecule has 0 radical (unpaired) electrons. The van der Waals surface area contributed by atoms with E-state index < -0.39 is 11.7 Å². The van der Waals surface area contributed by atoms with Crippen molar-refractivity contribution in [1.82, 2.24) is 10.9 Å². The molecule has 0 heterocycles. The van der Waals surface area contributed by atoms with Crippen molar-refractivity contribution >= 4 is 6.09 Å². The number of hydrogen-bond donors (Lipinski definition) is 2. The fraction of sp³-hybridized carbons (Fsp3) is 0.533. The Labute approximate surface area is 120 Å². The molecule has 0 saturated heterocycles. The first kappa shape index (κ1) is 16.3. The van der Waals surface area contributed by atoms with Crippen molar-refractivity contribution in [3.8, 4) is 5.75 Å². The lowest BCUT2D eigenvalue weighted by Gasteiger charge is -2.22. The number of para-hydroxylation sites is 1. The van der Waals surface area contributed by atoms with E-state index >= 15 is 0 Å². The molecule has 1 atom stereocenters. The molecular formula is C15H24N2O3. The Morgan fingerprint density at radius 2 is 1.95 bits per heavy atom. The molecule has 1 aromatic carbocycles. The zero-order valence-corrected chi connectivity index (χ0v) is 12.8. The molecule has 0 aliphatic carbocycles. The van der Waals surface area contributed by atoms with Gasteiger partial charge in [-0.15, -0.1) is 0 Å². The molecule has 0 aromatic heterocycles.